The van der Waals surface area contributed by atoms with Gasteiger partial charge < -0.3 is 5.32 Å². The van der Waals surface area contributed by atoms with Gasteiger partial charge in [0.05, 0.1) is 6.17 Å². The summed E-state index contributed by atoms with van der Waals surface area (Å²) in [6.07, 6.45) is 37.1. The number of nitrogens with zero attached hydrogens (tertiary/aromatic N) is 1. The summed E-state index contributed by atoms with van der Waals surface area (Å²) in [6.45, 7) is 10.7. The Kier molecular flexibility index (Phi) is 9.72. The van der Waals surface area contributed by atoms with Crippen LogP contribution in [0.1, 0.15) is 175 Å². The summed E-state index contributed by atoms with van der Waals surface area (Å²) in [4.78, 5) is 5.69. The second-order valence-corrected chi connectivity index (χ2v) is 19.8. The first-order valence-electron chi connectivity index (χ1n) is 21.6. The summed E-state index contributed by atoms with van der Waals surface area (Å²) in [5, 5.41) is 8.43. The van der Waals surface area contributed by atoms with Crippen LogP contribution in [0.4, 0.5) is 0 Å². The van der Waals surface area contributed by atoms with Crippen LogP contribution in [0.5, 0.6) is 0 Å². The number of aliphatic imine (C=N–C) groups is 1. The molecule has 0 amide bonds. The van der Waals surface area contributed by atoms with Crippen molar-refractivity contribution in [3.8, 4) is 0 Å². The highest BCUT2D eigenvalue weighted by molar-refractivity contribution is 5.87. The zero-order valence-corrected chi connectivity index (χ0v) is 31.2. The summed E-state index contributed by atoms with van der Waals surface area (Å²) in [7, 11) is 0. The second-order valence-electron chi connectivity index (χ2n) is 19.8. The van der Waals surface area contributed by atoms with Gasteiger partial charge in [-0.3, -0.25) is 10.3 Å². The Morgan fingerprint density at radius 1 is 0.617 bits per heavy atom. The minimum absolute atomic E-state index is 0.321. The van der Waals surface area contributed by atoms with Crippen LogP contribution >= 0.6 is 0 Å². The van der Waals surface area contributed by atoms with Gasteiger partial charge in [-0.05, 0) is 128 Å². The molecule has 0 spiro atoms. The molecule has 1 heterocycles. The molecule has 0 saturated heterocycles. The lowest BCUT2D eigenvalue weighted by Gasteiger charge is -2.47. The molecule has 0 aromatic rings. The van der Waals surface area contributed by atoms with Crippen molar-refractivity contribution in [3.63, 3.8) is 0 Å². The van der Waals surface area contributed by atoms with Gasteiger partial charge in [0.1, 0.15) is 12.0 Å². The van der Waals surface area contributed by atoms with Crippen molar-refractivity contribution in [2.75, 3.05) is 0 Å². The monoisotopic (exact) mass is 644 g/mol. The van der Waals surface area contributed by atoms with Crippen LogP contribution in [0.2, 0.25) is 0 Å². The summed E-state index contributed by atoms with van der Waals surface area (Å²) >= 11 is 0. The first-order valence-corrected chi connectivity index (χ1v) is 21.6. The average molecular weight is 644 g/mol. The van der Waals surface area contributed by atoms with Crippen molar-refractivity contribution >= 4 is 5.84 Å². The first-order chi connectivity index (χ1) is 22.8. The number of nitrogens with one attached hydrogen (secondary N) is 2. The summed E-state index contributed by atoms with van der Waals surface area (Å²) < 4.78 is 0. The molecule has 0 aromatic heterocycles. The SMILES string of the molecule is CC1CC(C2CCCCC2)CCC1C1NC(C2C=C3C(C)(C)C4CC(C5CCCCC5)CCC4C3(C)CC2)=NC(C2CCCCC2)N1. The number of allylic oxidation sites excluding steroid dienone is 1. The molecular weight excluding hydrogens is 571 g/mol. The van der Waals surface area contributed by atoms with E-state index in [2.05, 4.69) is 44.4 Å². The Bertz CT molecular complexity index is 1130. The molecule has 6 saturated carbocycles. The van der Waals surface area contributed by atoms with E-state index in [1.165, 1.54) is 154 Å². The fraction of sp³-hybridized carbons (Fsp3) is 0.932. The molecule has 8 aliphatic rings. The van der Waals surface area contributed by atoms with Crippen molar-refractivity contribution < 1.29 is 0 Å². The van der Waals surface area contributed by atoms with Crippen LogP contribution in [-0.4, -0.2) is 18.2 Å². The number of rotatable bonds is 5. The van der Waals surface area contributed by atoms with Crippen molar-refractivity contribution in [2.45, 2.75) is 188 Å². The number of fused-ring (bicyclic) bond motifs is 3. The largest absolute Gasteiger partial charge is 0.358 e. The fourth-order valence-electron chi connectivity index (χ4n) is 14.3. The molecule has 3 heteroatoms. The van der Waals surface area contributed by atoms with E-state index in [9.17, 15) is 0 Å². The van der Waals surface area contributed by atoms with Crippen molar-refractivity contribution in [1.29, 1.82) is 0 Å². The molecular formula is C44H73N3. The van der Waals surface area contributed by atoms with E-state index in [1.807, 2.05) is 5.57 Å². The second kappa shape index (κ2) is 13.7. The molecule has 2 N–H and O–H groups in total. The molecule has 1 aliphatic heterocycles. The van der Waals surface area contributed by atoms with Gasteiger partial charge in [0, 0.05) is 5.92 Å². The molecule has 0 bridgehead atoms. The number of amidine groups is 1. The fourth-order valence-corrected chi connectivity index (χ4v) is 14.3. The average Bonchev–Trinajstić information content (AvgIpc) is 3.30. The molecule has 6 fully saturated rings. The van der Waals surface area contributed by atoms with Gasteiger partial charge in [-0.15, -0.1) is 0 Å². The predicted molar refractivity (Wildman–Crippen MR) is 198 cm³/mol. The van der Waals surface area contributed by atoms with Gasteiger partial charge in [0.25, 0.3) is 0 Å². The lowest BCUT2D eigenvalue weighted by atomic mass is 9.60. The zero-order chi connectivity index (χ0) is 32.2. The molecule has 47 heavy (non-hydrogen) atoms. The van der Waals surface area contributed by atoms with Gasteiger partial charge in [0.15, 0.2) is 0 Å². The molecule has 3 nitrogen and oxygen atoms in total. The highest BCUT2D eigenvalue weighted by Crippen LogP contribution is 2.69. The molecule has 264 valence electrons. The van der Waals surface area contributed by atoms with E-state index in [1.54, 1.807) is 0 Å². The minimum Gasteiger partial charge on any atom is -0.358 e. The minimum atomic E-state index is 0.321. The van der Waals surface area contributed by atoms with E-state index in [0.717, 1.165) is 53.3 Å². The van der Waals surface area contributed by atoms with Crippen molar-refractivity contribution in [1.82, 2.24) is 10.6 Å². The van der Waals surface area contributed by atoms with E-state index in [0.29, 0.717) is 29.1 Å². The maximum atomic E-state index is 5.69. The summed E-state index contributed by atoms with van der Waals surface area (Å²) in [6, 6.07) is 0. The predicted octanol–water partition coefficient (Wildman–Crippen LogP) is 11.4. The van der Waals surface area contributed by atoms with E-state index >= 15 is 0 Å². The van der Waals surface area contributed by atoms with Crippen LogP contribution < -0.4 is 10.6 Å². The maximum absolute atomic E-state index is 5.69. The highest BCUT2D eigenvalue weighted by Gasteiger charge is 2.60. The number of hydrogen-bond donors (Lipinski definition) is 2. The van der Waals surface area contributed by atoms with Gasteiger partial charge in [-0.2, -0.15) is 0 Å². The summed E-state index contributed by atoms with van der Waals surface area (Å²) in [5.74, 6) is 9.93. The van der Waals surface area contributed by atoms with Crippen LogP contribution in [0.15, 0.2) is 16.6 Å². The third kappa shape index (κ3) is 6.35. The van der Waals surface area contributed by atoms with Crippen molar-refractivity contribution in [3.05, 3.63) is 11.6 Å². The van der Waals surface area contributed by atoms with Crippen LogP contribution in [0.25, 0.3) is 0 Å². The topological polar surface area (TPSA) is 36.4 Å². The van der Waals surface area contributed by atoms with E-state index < -0.39 is 0 Å². The third-order valence-corrected chi connectivity index (χ3v) is 17.0. The Morgan fingerprint density at radius 3 is 1.85 bits per heavy atom. The van der Waals surface area contributed by atoms with E-state index in [-0.39, 0.29) is 0 Å². The highest BCUT2D eigenvalue weighted by atomic mass is 15.3. The Balaban J connectivity index is 1.02. The Morgan fingerprint density at radius 2 is 1.21 bits per heavy atom. The van der Waals surface area contributed by atoms with E-state index in [4.69, 9.17) is 4.99 Å². The lowest BCUT2D eigenvalue weighted by molar-refractivity contribution is 0.0558. The Hall–Kier alpha value is -0.830. The smallest absolute Gasteiger partial charge is 0.106 e. The normalized spacial score (nSPS) is 45.3. The molecule has 10 atom stereocenters. The first kappa shape index (κ1) is 33.3. The molecule has 0 aromatic carbocycles. The third-order valence-electron chi connectivity index (χ3n) is 17.0. The van der Waals surface area contributed by atoms with Crippen LogP contribution in [-0.2, 0) is 0 Å². The van der Waals surface area contributed by atoms with Crippen LogP contribution in [0, 0.1) is 70.0 Å². The zero-order valence-electron chi connectivity index (χ0n) is 31.2. The standard InChI is InChI=1S/C44H73N3/c1-29-26-33(30-14-8-5-9-15-30)20-22-36(29)42-46-40(32-18-12-7-13-19-32)45-41(47-42)35-24-25-44(4)37-23-21-34(31-16-10-6-11-17-31)27-38(37)43(2,3)39(44)28-35/h28-38,40,42,46H,5-27H2,1-4H3,(H,45,47). The van der Waals surface area contributed by atoms with Gasteiger partial charge in [-0.1, -0.05) is 123 Å². The maximum Gasteiger partial charge on any atom is 0.106 e. The Labute approximate surface area is 290 Å². The van der Waals surface area contributed by atoms with Gasteiger partial charge >= 0.3 is 0 Å². The molecule has 10 unspecified atom stereocenters. The molecule has 0 radical (unpaired) electrons. The van der Waals surface area contributed by atoms with Crippen LogP contribution in [0.3, 0.4) is 0 Å². The summed E-state index contributed by atoms with van der Waals surface area (Å²) in [5.41, 5.74) is 2.58. The van der Waals surface area contributed by atoms with Gasteiger partial charge in [0.2, 0.25) is 0 Å². The lowest BCUT2D eigenvalue weighted by Crippen LogP contribution is -2.62. The number of hydrogen-bond acceptors (Lipinski definition) is 3. The van der Waals surface area contributed by atoms with Crippen molar-refractivity contribution in [2.24, 2.45) is 75.0 Å². The molecule has 8 rings (SSSR count). The van der Waals surface area contributed by atoms with Gasteiger partial charge in [-0.25, -0.2) is 0 Å². The molecule has 7 aliphatic carbocycles. The quantitative estimate of drug-likeness (QED) is 0.292.